The fraction of sp³-hybridized carbons (Fsp3) is 0.432. The lowest BCUT2D eigenvalue weighted by Crippen LogP contribution is -2.57. The second kappa shape index (κ2) is 39.0. The number of imidazole rings is 2. The third-order valence-corrected chi connectivity index (χ3v) is 22.3. The lowest BCUT2D eigenvalue weighted by atomic mass is 10.00. The van der Waals surface area contributed by atoms with E-state index in [0.29, 0.717) is 78.4 Å². The molecule has 10 heterocycles. The van der Waals surface area contributed by atoms with Crippen LogP contribution in [0.2, 0.25) is 0 Å². The molecule has 0 saturated carbocycles. The molecule has 4 unspecified atom stereocenters. The maximum Gasteiger partial charge on any atom is 0.416 e. The average Bonchev–Trinajstić information content (AvgIpc) is 1.62. The van der Waals surface area contributed by atoms with Gasteiger partial charge in [-0.05, 0) is 138 Å². The second-order valence-corrected chi connectivity index (χ2v) is 30.6. The van der Waals surface area contributed by atoms with Crippen LogP contribution in [0.4, 0.5) is 42.9 Å². The lowest BCUT2D eigenvalue weighted by Gasteiger charge is -2.42. The molecule has 36 nitrogen and oxygen atoms in total. The van der Waals surface area contributed by atoms with E-state index in [1.807, 2.05) is 0 Å². The molecule has 630 valence electrons. The van der Waals surface area contributed by atoms with E-state index in [2.05, 4.69) is 54.4 Å². The van der Waals surface area contributed by atoms with Crippen molar-refractivity contribution >= 4 is 136 Å². The Balaban J connectivity index is 0.000000206. The minimum absolute atomic E-state index is 0.0141. The van der Waals surface area contributed by atoms with Crippen LogP contribution >= 0.6 is 22.7 Å². The number of methoxy groups -OCH3 is 3. The lowest BCUT2D eigenvalue weighted by molar-refractivity contribution is -0.199. The van der Waals surface area contributed by atoms with Crippen molar-refractivity contribution in [2.24, 2.45) is 14.1 Å². The normalized spacial score (nSPS) is 18.9. The number of aryl methyl sites for hydroxylation is 2. The Labute approximate surface area is 690 Å². The number of anilines is 6. The number of hydrogen-bond donors (Lipinski definition) is 5. The van der Waals surface area contributed by atoms with Gasteiger partial charge in [0.25, 0.3) is 23.6 Å². The largest absolute Gasteiger partial charge is 0.493 e. The molecule has 8 amide bonds. The number of benzene rings is 4. The van der Waals surface area contributed by atoms with E-state index in [1.54, 1.807) is 72.4 Å². The van der Waals surface area contributed by atoms with E-state index in [-0.39, 0.29) is 155 Å². The van der Waals surface area contributed by atoms with Gasteiger partial charge in [-0.3, -0.25) is 39.4 Å². The maximum absolute atomic E-state index is 14.2. The number of nitrogens with zero attached hydrogens (tertiary/aromatic N) is 10. The summed E-state index contributed by atoms with van der Waals surface area (Å²) in [5.41, 5.74) is 2.31. The van der Waals surface area contributed by atoms with Crippen LogP contribution in [0.25, 0.3) is 20.4 Å². The van der Waals surface area contributed by atoms with Crippen molar-refractivity contribution in [1.29, 1.82) is 0 Å². The minimum atomic E-state index is -1.08. The van der Waals surface area contributed by atoms with Crippen LogP contribution in [-0.4, -0.2) is 215 Å². The number of aromatic nitrogens is 6. The number of carbonyl (C=O) groups excluding carboxylic acids is 9. The Bertz CT molecular complexity index is 5150. The SMILES string of the molecule is C=CCOC(=O)N1c2cc(OCCCC(=O)Nc3cn(C)c(C(=O)Nc4nc5cc(C(=O)O)ccc5s4)n3)c(OC)cc2C(=O)N2CCCC[C@H]2C1OC1CCCCO1.C=CCOC(=O)N1c2cc(OCCCC(=O)Nc3cn(C)c(C(=O)Nc4nc5cc(C(=O)OC)ccc5s4)n3)c(OC)cc2C(=O)N2CCCC[C@H]2C1OC1CCCCO1. The summed E-state index contributed by atoms with van der Waals surface area (Å²) in [4.78, 5) is 155. The van der Waals surface area contributed by atoms with Crippen LogP contribution in [0.5, 0.6) is 23.0 Å². The first-order chi connectivity index (χ1) is 57.6. The summed E-state index contributed by atoms with van der Waals surface area (Å²) in [6.45, 7) is 9.41. The van der Waals surface area contributed by atoms with Gasteiger partial charge in [-0.15, -0.1) is 0 Å². The molecule has 4 aromatic heterocycles. The third kappa shape index (κ3) is 19.9. The van der Waals surface area contributed by atoms with Crippen molar-refractivity contribution in [2.75, 3.05) is 105 Å². The summed E-state index contributed by atoms with van der Waals surface area (Å²) in [6, 6.07) is 14.8. The molecule has 14 rings (SSSR count). The number of ether oxygens (including phenoxy) is 11. The van der Waals surface area contributed by atoms with Gasteiger partial charge in [0, 0.05) is 77.8 Å². The number of esters is 1. The van der Waals surface area contributed by atoms with Gasteiger partial charge in [-0.2, -0.15) is 0 Å². The fourth-order valence-corrected chi connectivity index (χ4v) is 16.4. The molecule has 6 aliphatic heterocycles. The monoisotopic (exact) mass is 1680 g/mol. The van der Waals surface area contributed by atoms with E-state index >= 15 is 0 Å². The molecule has 0 spiro atoms. The number of thiazole rings is 2. The molecular weight excluding hydrogens is 1590 g/mol. The standard InChI is InChI=1S/C41H47N7O11S.C40H45N7O11S/c1-5-17-58-41(53)48-28-22-30(29(54-3)21-25(28)37(51)47-16-8-6-11-27(47)38(48)59-34-13-7-9-18-57-34)56-19-10-12-33(49)43-32-23-46(2)35(44-32)36(50)45-40-42-26-20-24(39(52)55-4)14-15-31(26)60-40;1-4-16-57-40(53)47-27-21-29(28(54-3)20-24(27)36(50)46-15-7-5-10-26(46)37(47)58-33-12-6-8-17-56-33)55-18-9-11-32(48)42-31-22-45(2)34(43-31)35(49)44-39-41-25-19-23(38(51)52)13-14-30(25)59-39/h5,14-15,20-23,27,34,38H,1,6-13,16-19H2,2-4H3,(H,43,49)(H,42,45,50);4,13-14,19-22,26,33,37H,1,5-12,15-18H2,2-3H3,(H,42,48)(H,51,52)(H,41,44,49)/t27-,34?,38?;26-,33?,37?/m00/s1. The summed E-state index contributed by atoms with van der Waals surface area (Å²) in [6.07, 6.45) is 11.6. The zero-order valence-electron chi connectivity index (χ0n) is 66.2. The molecule has 4 saturated heterocycles. The van der Waals surface area contributed by atoms with Crippen molar-refractivity contribution in [3.05, 3.63) is 132 Å². The number of carboxylic acids is 1. The first-order valence-corrected chi connectivity index (χ1v) is 40.7. The number of hydrogen-bond acceptors (Lipinski definition) is 27. The summed E-state index contributed by atoms with van der Waals surface area (Å²) in [5, 5.41) is 20.6. The highest BCUT2D eigenvalue weighted by Crippen LogP contribution is 2.45. The topological polar surface area (TPSA) is 415 Å². The molecule has 0 radical (unpaired) electrons. The van der Waals surface area contributed by atoms with Gasteiger partial charge in [-0.1, -0.05) is 48.0 Å². The first-order valence-electron chi connectivity index (χ1n) is 39.0. The Hall–Kier alpha value is -12.1. The summed E-state index contributed by atoms with van der Waals surface area (Å²) >= 11 is 2.41. The Morgan fingerprint density at radius 2 is 0.983 bits per heavy atom. The van der Waals surface area contributed by atoms with Crippen molar-refractivity contribution in [3.63, 3.8) is 0 Å². The van der Waals surface area contributed by atoms with Crippen LogP contribution in [-0.2, 0) is 56.8 Å². The average molecular weight is 1680 g/mol. The molecule has 6 atom stereocenters. The Kier molecular flexibility index (Phi) is 27.8. The third-order valence-electron chi connectivity index (χ3n) is 20.4. The highest BCUT2D eigenvalue weighted by atomic mass is 32.1. The maximum atomic E-state index is 14.2. The van der Waals surface area contributed by atoms with Crippen LogP contribution < -0.4 is 50.0 Å². The van der Waals surface area contributed by atoms with E-state index in [1.165, 1.54) is 99.6 Å². The van der Waals surface area contributed by atoms with Crippen LogP contribution in [0.3, 0.4) is 0 Å². The van der Waals surface area contributed by atoms with Crippen molar-refractivity contribution < 1.29 is 105 Å². The molecule has 4 fully saturated rings. The number of aromatic carboxylic acids is 1. The van der Waals surface area contributed by atoms with Crippen molar-refractivity contribution in [1.82, 2.24) is 38.9 Å². The highest BCUT2D eigenvalue weighted by Gasteiger charge is 2.49. The predicted octanol–water partition coefficient (Wildman–Crippen LogP) is 11.7. The first kappa shape index (κ1) is 84.8. The molecule has 5 N–H and O–H groups in total. The zero-order chi connectivity index (χ0) is 84.0. The van der Waals surface area contributed by atoms with Gasteiger partial charge in [0.1, 0.15) is 13.2 Å². The Morgan fingerprint density at radius 3 is 1.39 bits per heavy atom. The van der Waals surface area contributed by atoms with E-state index < -0.39 is 73.1 Å². The molecule has 6 aliphatic rings. The number of carboxylic acid groups (broad SMARTS) is 1. The number of rotatable bonds is 28. The van der Waals surface area contributed by atoms with Gasteiger partial charge in [0.2, 0.25) is 23.5 Å². The Morgan fingerprint density at radius 1 is 0.546 bits per heavy atom. The molecule has 119 heavy (non-hydrogen) atoms. The summed E-state index contributed by atoms with van der Waals surface area (Å²) < 4.78 is 68.9. The van der Waals surface area contributed by atoms with Crippen molar-refractivity contribution in [3.8, 4) is 23.0 Å². The number of nitrogens with one attached hydrogen (secondary N) is 4. The fourth-order valence-electron chi connectivity index (χ4n) is 14.7. The molecular formula is C81H92N14O22S2. The van der Waals surface area contributed by atoms with Gasteiger partial charge in [-0.25, -0.2) is 48.9 Å². The summed E-state index contributed by atoms with van der Waals surface area (Å²) in [5.74, 6) is -2.57. The number of fused-ring (bicyclic) bond motifs is 6. The smallest absolute Gasteiger partial charge is 0.416 e. The van der Waals surface area contributed by atoms with Gasteiger partial charge in [0.15, 0.2) is 69.9 Å². The minimum Gasteiger partial charge on any atom is -0.493 e. The number of amides is 8. The highest BCUT2D eigenvalue weighted by molar-refractivity contribution is 7.22. The van der Waals surface area contributed by atoms with Gasteiger partial charge < -0.3 is 86.8 Å². The van der Waals surface area contributed by atoms with Gasteiger partial charge in [0.05, 0.1) is 101 Å². The number of carbonyl (C=O) groups is 10. The van der Waals surface area contributed by atoms with Crippen LogP contribution in [0.15, 0.2) is 98.4 Å². The quantitative estimate of drug-likeness (QED) is 0.0132. The second-order valence-electron chi connectivity index (χ2n) is 28.5. The van der Waals surface area contributed by atoms with Crippen LogP contribution in [0.1, 0.15) is 165 Å². The van der Waals surface area contributed by atoms with E-state index in [4.69, 9.17) is 52.1 Å². The van der Waals surface area contributed by atoms with E-state index in [9.17, 15) is 53.1 Å². The molecule has 38 heteroatoms. The van der Waals surface area contributed by atoms with Crippen LogP contribution in [0, 0.1) is 0 Å². The van der Waals surface area contributed by atoms with E-state index in [0.717, 1.165) is 56.1 Å². The molecule has 0 aliphatic carbocycles. The molecule has 4 aromatic carbocycles. The molecule has 0 bridgehead atoms. The van der Waals surface area contributed by atoms with Crippen molar-refractivity contribution in [2.45, 2.75) is 140 Å². The molecule has 8 aromatic rings. The predicted molar refractivity (Wildman–Crippen MR) is 435 cm³/mol. The van der Waals surface area contributed by atoms with Gasteiger partial charge >= 0.3 is 24.1 Å². The zero-order valence-corrected chi connectivity index (χ0v) is 67.9. The summed E-state index contributed by atoms with van der Waals surface area (Å²) in [7, 11) is 7.43. The number of piperidine rings is 2.